The Balaban J connectivity index is 1.87. The van der Waals surface area contributed by atoms with Crippen LogP contribution in [0.25, 0.3) is 0 Å². The van der Waals surface area contributed by atoms with Crippen LogP contribution in [-0.2, 0) is 11.3 Å². The Morgan fingerprint density at radius 1 is 1.30 bits per heavy atom. The highest BCUT2D eigenvalue weighted by atomic mass is 16.5. The molecular formula is C17H29NO2. The van der Waals surface area contributed by atoms with Gasteiger partial charge in [0.1, 0.15) is 18.1 Å². The van der Waals surface area contributed by atoms with Crippen molar-refractivity contribution in [3.8, 4) is 0 Å². The number of hydrogen-bond donors (Lipinski definition) is 1. The molecule has 20 heavy (non-hydrogen) atoms. The summed E-state index contributed by atoms with van der Waals surface area (Å²) in [6.07, 6.45) is 9.63. The van der Waals surface area contributed by atoms with Crippen LogP contribution in [0.2, 0.25) is 0 Å². The number of ether oxygens (including phenoxy) is 1. The number of furan rings is 1. The molecule has 0 aliphatic heterocycles. The van der Waals surface area contributed by atoms with Gasteiger partial charge >= 0.3 is 0 Å². The van der Waals surface area contributed by atoms with E-state index < -0.39 is 0 Å². The van der Waals surface area contributed by atoms with Gasteiger partial charge in [0, 0.05) is 7.11 Å². The average Bonchev–Trinajstić information content (AvgIpc) is 2.93. The molecular weight excluding hydrogens is 250 g/mol. The first-order valence-corrected chi connectivity index (χ1v) is 8.14. The summed E-state index contributed by atoms with van der Waals surface area (Å²) in [6.45, 7) is 3.70. The van der Waals surface area contributed by atoms with E-state index >= 15 is 0 Å². The lowest BCUT2D eigenvalue weighted by Crippen LogP contribution is -2.21. The highest BCUT2D eigenvalue weighted by Gasteiger charge is 2.19. The molecule has 0 radical (unpaired) electrons. The molecule has 1 fully saturated rings. The fourth-order valence-electron chi connectivity index (χ4n) is 3.27. The molecule has 1 atom stereocenters. The van der Waals surface area contributed by atoms with E-state index in [0.717, 1.165) is 24.0 Å². The zero-order valence-electron chi connectivity index (χ0n) is 13.0. The van der Waals surface area contributed by atoms with Crippen molar-refractivity contribution in [3.05, 3.63) is 23.7 Å². The third-order valence-corrected chi connectivity index (χ3v) is 4.35. The van der Waals surface area contributed by atoms with Crippen LogP contribution in [0.5, 0.6) is 0 Å². The van der Waals surface area contributed by atoms with Gasteiger partial charge < -0.3 is 14.5 Å². The predicted molar refractivity (Wildman–Crippen MR) is 81.6 cm³/mol. The van der Waals surface area contributed by atoms with Crippen molar-refractivity contribution in [3.63, 3.8) is 0 Å². The summed E-state index contributed by atoms with van der Waals surface area (Å²) in [5, 5.41) is 3.56. The Kier molecular flexibility index (Phi) is 6.61. The van der Waals surface area contributed by atoms with Gasteiger partial charge in [-0.1, -0.05) is 39.0 Å². The fraction of sp³-hybridized carbons (Fsp3) is 0.765. The van der Waals surface area contributed by atoms with Crippen molar-refractivity contribution < 1.29 is 9.15 Å². The van der Waals surface area contributed by atoms with Gasteiger partial charge in [-0.05, 0) is 37.4 Å². The first kappa shape index (κ1) is 15.6. The van der Waals surface area contributed by atoms with Gasteiger partial charge in [0.2, 0.25) is 0 Å². The van der Waals surface area contributed by atoms with Gasteiger partial charge in [0.05, 0.1) is 6.04 Å². The van der Waals surface area contributed by atoms with E-state index in [1.165, 1.54) is 44.9 Å². The first-order valence-electron chi connectivity index (χ1n) is 8.14. The molecule has 1 aromatic rings. The van der Waals surface area contributed by atoms with Gasteiger partial charge in [0.25, 0.3) is 0 Å². The maximum atomic E-state index is 5.89. The van der Waals surface area contributed by atoms with Crippen LogP contribution in [0.1, 0.15) is 69.4 Å². The second-order valence-corrected chi connectivity index (χ2v) is 5.93. The van der Waals surface area contributed by atoms with Crippen LogP contribution < -0.4 is 5.32 Å². The van der Waals surface area contributed by atoms with Gasteiger partial charge in [0.15, 0.2) is 0 Å². The zero-order valence-corrected chi connectivity index (χ0v) is 13.0. The normalized spacial score (nSPS) is 18.3. The summed E-state index contributed by atoms with van der Waals surface area (Å²) in [5.41, 5.74) is 0. The van der Waals surface area contributed by atoms with Crippen molar-refractivity contribution in [2.24, 2.45) is 5.92 Å². The van der Waals surface area contributed by atoms with Gasteiger partial charge in [-0.15, -0.1) is 0 Å². The third kappa shape index (κ3) is 4.64. The number of hydrogen-bond acceptors (Lipinski definition) is 3. The number of nitrogens with one attached hydrogen (secondary N) is 1. The molecule has 1 aliphatic carbocycles. The molecule has 0 spiro atoms. The average molecular weight is 279 g/mol. The number of methoxy groups -OCH3 is 1. The van der Waals surface area contributed by atoms with Crippen molar-refractivity contribution in [1.82, 2.24) is 5.32 Å². The molecule has 2 rings (SSSR count). The van der Waals surface area contributed by atoms with Gasteiger partial charge in [-0.25, -0.2) is 0 Å². The standard InChI is InChI=1S/C17H29NO2/c1-3-18-16(11-9-14-7-5-4-6-8-14)17-12-10-15(20-17)13-19-2/h10,12,14,16,18H,3-9,11,13H2,1-2H3. The Morgan fingerprint density at radius 3 is 2.80 bits per heavy atom. The van der Waals surface area contributed by atoms with Gasteiger partial charge in [-0.2, -0.15) is 0 Å². The summed E-state index contributed by atoms with van der Waals surface area (Å²) in [7, 11) is 1.70. The molecule has 1 heterocycles. The molecule has 1 N–H and O–H groups in total. The predicted octanol–water partition coefficient (Wildman–Crippen LogP) is 4.44. The van der Waals surface area contributed by atoms with E-state index in [0.29, 0.717) is 12.6 Å². The maximum Gasteiger partial charge on any atom is 0.129 e. The molecule has 0 saturated heterocycles. The summed E-state index contributed by atoms with van der Waals surface area (Å²) < 4.78 is 11.0. The van der Waals surface area contributed by atoms with Gasteiger partial charge in [-0.3, -0.25) is 0 Å². The molecule has 0 amide bonds. The molecule has 1 saturated carbocycles. The molecule has 1 aromatic heterocycles. The van der Waals surface area contributed by atoms with Crippen molar-refractivity contribution in [1.29, 1.82) is 0 Å². The smallest absolute Gasteiger partial charge is 0.129 e. The van der Waals surface area contributed by atoms with Crippen LogP contribution >= 0.6 is 0 Å². The molecule has 1 unspecified atom stereocenters. The Labute approximate surface area is 123 Å². The minimum Gasteiger partial charge on any atom is -0.462 e. The molecule has 0 bridgehead atoms. The molecule has 114 valence electrons. The van der Waals surface area contributed by atoms with E-state index in [4.69, 9.17) is 9.15 Å². The Hall–Kier alpha value is -0.800. The lowest BCUT2D eigenvalue weighted by molar-refractivity contribution is 0.161. The number of rotatable bonds is 8. The largest absolute Gasteiger partial charge is 0.462 e. The highest BCUT2D eigenvalue weighted by Crippen LogP contribution is 2.30. The summed E-state index contributed by atoms with van der Waals surface area (Å²) >= 11 is 0. The van der Waals surface area contributed by atoms with Crippen LogP contribution in [-0.4, -0.2) is 13.7 Å². The summed E-state index contributed by atoms with van der Waals surface area (Å²) in [5.74, 6) is 2.91. The highest BCUT2D eigenvalue weighted by molar-refractivity contribution is 5.10. The zero-order chi connectivity index (χ0) is 14.2. The lowest BCUT2D eigenvalue weighted by atomic mass is 9.85. The van der Waals surface area contributed by atoms with E-state index in [1.54, 1.807) is 7.11 Å². The van der Waals surface area contributed by atoms with Crippen molar-refractivity contribution in [2.75, 3.05) is 13.7 Å². The van der Waals surface area contributed by atoms with Crippen LogP contribution in [0.15, 0.2) is 16.5 Å². The van der Waals surface area contributed by atoms with E-state index in [-0.39, 0.29) is 0 Å². The van der Waals surface area contributed by atoms with E-state index in [2.05, 4.69) is 18.3 Å². The molecule has 0 aromatic carbocycles. The Morgan fingerprint density at radius 2 is 2.10 bits per heavy atom. The molecule has 3 nitrogen and oxygen atoms in total. The Bertz CT molecular complexity index is 369. The first-order chi connectivity index (χ1) is 9.83. The lowest BCUT2D eigenvalue weighted by Gasteiger charge is -2.24. The van der Waals surface area contributed by atoms with Crippen molar-refractivity contribution >= 4 is 0 Å². The van der Waals surface area contributed by atoms with Crippen LogP contribution in [0.3, 0.4) is 0 Å². The molecule has 3 heteroatoms. The fourth-order valence-corrected chi connectivity index (χ4v) is 3.27. The van der Waals surface area contributed by atoms with E-state index in [1.807, 2.05) is 6.07 Å². The second kappa shape index (κ2) is 8.48. The topological polar surface area (TPSA) is 34.4 Å². The van der Waals surface area contributed by atoms with Crippen LogP contribution in [0, 0.1) is 5.92 Å². The van der Waals surface area contributed by atoms with Crippen LogP contribution in [0.4, 0.5) is 0 Å². The summed E-state index contributed by atoms with van der Waals surface area (Å²) in [4.78, 5) is 0. The van der Waals surface area contributed by atoms with Crippen molar-refractivity contribution in [2.45, 2.75) is 64.5 Å². The minimum absolute atomic E-state index is 0.354. The SMILES string of the molecule is CCNC(CCC1CCCCC1)c1ccc(COC)o1. The quantitative estimate of drug-likeness (QED) is 0.764. The van der Waals surface area contributed by atoms with E-state index in [9.17, 15) is 0 Å². The second-order valence-electron chi connectivity index (χ2n) is 5.93. The monoisotopic (exact) mass is 279 g/mol. The minimum atomic E-state index is 0.354. The maximum absolute atomic E-state index is 5.89. The summed E-state index contributed by atoms with van der Waals surface area (Å²) in [6, 6.07) is 4.49. The molecule has 1 aliphatic rings. The third-order valence-electron chi connectivity index (χ3n) is 4.35.